The van der Waals surface area contributed by atoms with Crippen LogP contribution in [0, 0.1) is 0 Å². The van der Waals surface area contributed by atoms with Gasteiger partial charge in [0.2, 0.25) is 0 Å². The molecule has 13 aromatic rings. The number of rotatable bonds is 16. The van der Waals surface area contributed by atoms with Crippen LogP contribution in [0.3, 0.4) is 0 Å². The van der Waals surface area contributed by atoms with Crippen LogP contribution < -0.4 is 39.6 Å². The van der Waals surface area contributed by atoms with E-state index >= 15 is 9.59 Å². The van der Waals surface area contributed by atoms with Crippen molar-refractivity contribution in [1.29, 1.82) is 0 Å². The molecule has 0 saturated carbocycles. The van der Waals surface area contributed by atoms with Gasteiger partial charge in [0, 0.05) is 68.8 Å². The highest BCUT2D eigenvalue weighted by atomic mass is 16.5. The topological polar surface area (TPSA) is 87.4 Å². The molecule has 82 heavy (non-hydrogen) atoms. The van der Waals surface area contributed by atoms with Gasteiger partial charge in [-0.25, -0.2) is 0 Å². The van der Waals surface area contributed by atoms with Gasteiger partial charge in [0.1, 0.15) is 46.0 Å². The van der Waals surface area contributed by atoms with Crippen molar-refractivity contribution in [2.75, 3.05) is 9.80 Å². The zero-order valence-electron chi connectivity index (χ0n) is 45.1. The Kier molecular flexibility index (Phi) is 13.7. The van der Waals surface area contributed by atoms with Crippen molar-refractivity contribution in [1.82, 2.24) is 9.13 Å². The predicted octanol–water partition coefficient (Wildman–Crippen LogP) is 18.8. The van der Waals surface area contributed by atoms with E-state index < -0.39 is 0 Å². The number of hydrogen-bond acceptors (Lipinski definition) is 8. The molecule has 0 fully saturated rings. The summed E-state index contributed by atoms with van der Waals surface area (Å²) < 4.78 is 29.1. The Bertz CT molecular complexity index is 4070. The van der Waals surface area contributed by atoms with E-state index in [2.05, 4.69) is 44.9 Å². The third-order valence-corrected chi connectivity index (χ3v) is 14.7. The smallest absolute Gasteiger partial charge is 0.197 e. The first-order chi connectivity index (χ1) is 40.3. The number of benzene rings is 11. The Morgan fingerprint density at radius 2 is 0.500 bits per heavy atom. The van der Waals surface area contributed by atoms with Gasteiger partial charge in [-0.3, -0.25) is 9.59 Å². The molecule has 0 bridgehead atoms. The Morgan fingerprint density at radius 3 is 0.756 bits per heavy atom. The summed E-state index contributed by atoms with van der Waals surface area (Å²) in [5.41, 5.74) is 7.81. The van der Waals surface area contributed by atoms with E-state index in [1.807, 2.05) is 255 Å². The second kappa shape index (κ2) is 22.1. The van der Waals surface area contributed by atoms with Crippen LogP contribution in [0.5, 0.6) is 46.0 Å². The Labute approximate surface area is 473 Å². The summed E-state index contributed by atoms with van der Waals surface area (Å²) in [6.07, 6.45) is 0. The van der Waals surface area contributed by atoms with Crippen molar-refractivity contribution in [2.45, 2.75) is 26.9 Å². The average molecular weight is 1070 g/mol. The Hall–Kier alpha value is -10.8. The van der Waals surface area contributed by atoms with Crippen LogP contribution in [-0.2, 0) is 13.1 Å². The fourth-order valence-electron chi connectivity index (χ4n) is 10.8. The molecule has 10 heteroatoms. The first-order valence-corrected chi connectivity index (χ1v) is 27.4. The molecule has 13 rings (SSSR count). The van der Waals surface area contributed by atoms with E-state index in [1.54, 1.807) is 0 Å². The first kappa shape index (κ1) is 50.7. The van der Waals surface area contributed by atoms with Crippen molar-refractivity contribution in [2.24, 2.45) is 0 Å². The van der Waals surface area contributed by atoms with Crippen molar-refractivity contribution in [3.8, 4) is 46.0 Å². The minimum atomic E-state index is -0.117. The van der Waals surface area contributed by atoms with Gasteiger partial charge in [-0.05, 0) is 208 Å². The van der Waals surface area contributed by atoms with Crippen LogP contribution in [0.25, 0.3) is 43.6 Å². The summed E-state index contributed by atoms with van der Waals surface area (Å²) in [7, 11) is 0. The third kappa shape index (κ3) is 10.0. The maximum absolute atomic E-state index is 15.1. The van der Waals surface area contributed by atoms with E-state index in [1.165, 1.54) is 0 Å². The van der Waals surface area contributed by atoms with Gasteiger partial charge in [0.05, 0.1) is 22.1 Å². The molecule has 0 aliphatic heterocycles. The third-order valence-electron chi connectivity index (χ3n) is 14.7. The van der Waals surface area contributed by atoms with Crippen molar-refractivity contribution in [3.63, 3.8) is 0 Å². The number of fused-ring (bicyclic) bond motifs is 4. The zero-order valence-corrected chi connectivity index (χ0v) is 45.1. The van der Waals surface area contributed by atoms with Crippen molar-refractivity contribution >= 4 is 77.7 Å². The van der Waals surface area contributed by atoms with Gasteiger partial charge in [0.25, 0.3) is 0 Å². The Balaban J connectivity index is 0.909. The van der Waals surface area contributed by atoms with Crippen LogP contribution in [-0.4, -0.2) is 9.13 Å². The molecule has 11 aromatic carbocycles. The summed E-state index contributed by atoms with van der Waals surface area (Å²) in [5.74, 6) is 5.77. The number of nitrogens with zero attached hydrogens (tertiary/aromatic N) is 4. The molecular weight excluding hydrogens is 1020 g/mol. The molecule has 0 amide bonds. The van der Waals surface area contributed by atoms with Gasteiger partial charge in [0.15, 0.2) is 10.9 Å². The van der Waals surface area contributed by atoms with E-state index in [0.29, 0.717) is 68.7 Å². The second-order valence-corrected chi connectivity index (χ2v) is 19.7. The van der Waals surface area contributed by atoms with Crippen LogP contribution in [0.15, 0.2) is 277 Å². The largest absolute Gasteiger partial charge is 0.457 e. The van der Waals surface area contributed by atoms with Crippen molar-refractivity contribution in [3.05, 3.63) is 287 Å². The zero-order chi connectivity index (χ0) is 55.5. The number of aromatic nitrogens is 2. The van der Waals surface area contributed by atoms with Crippen LogP contribution >= 0.6 is 0 Å². The molecule has 0 aliphatic rings. The van der Waals surface area contributed by atoms with Crippen LogP contribution in [0.1, 0.15) is 13.8 Å². The fourth-order valence-corrected chi connectivity index (χ4v) is 10.8. The average Bonchev–Trinajstić information content (AvgIpc) is 3.71. The molecule has 0 aliphatic carbocycles. The summed E-state index contributed by atoms with van der Waals surface area (Å²) >= 11 is 0. The van der Waals surface area contributed by atoms with E-state index in [4.69, 9.17) is 18.9 Å². The van der Waals surface area contributed by atoms with Crippen LogP contribution in [0.2, 0.25) is 0 Å². The van der Waals surface area contributed by atoms with Gasteiger partial charge in [-0.2, -0.15) is 0 Å². The highest BCUT2D eigenvalue weighted by Gasteiger charge is 2.22. The monoisotopic (exact) mass is 1070 g/mol. The lowest BCUT2D eigenvalue weighted by atomic mass is 10.0. The van der Waals surface area contributed by atoms with Crippen molar-refractivity contribution < 1.29 is 18.9 Å². The minimum absolute atomic E-state index is 0.117. The number of aryl methyl sites for hydroxylation is 2. The molecule has 0 unspecified atom stereocenters. The van der Waals surface area contributed by atoms with E-state index in [0.717, 1.165) is 68.2 Å². The first-order valence-electron chi connectivity index (χ1n) is 27.4. The second-order valence-electron chi connectivity index (χ2n) is 19.7. The van der Waals surface area contributed by atoms with Gasteiger partial charge >= 0.3 is 0 Å². The Morgan fingerprint density at radius 1 is 0.268 bits per heavy atom. The summed E-state index contributed by atoms with van der Waals surface area (Å²) in [5, 5.41) is 2.20. The molecule has 0 radical (unpaired) electrons. The number of para-hydroxylation sites is 4. The standard InChI is InChI=1S/C72H54N4O6/c1-3-73-67-45-53(75(49-25-35-59(36-26-49)79-55-17-9-5-10-18-55)50-27-37-60(38-28-50)80-56-19-11-6-12-20-56)33-43-63(67)71(77)65-48-70-66(47-69(65)73)72(78)64-44-34-54(46-68(64)74(70)4-2)76(51-29-39-61(40-30-51)81-57-21-13-7-14-22-57)52-31-41-62(42-32-52)82-58-23-15-8-16-24-58/h5-48H,3-4H2,1-2H3. The lowest BCUT2D eigenvalue weighted by molar-refractivity contribution is 0.482. The molecule has 0 spiro atoms. The molecule has 0 atom stereocenters. The van der Waals surface area contributed by atoms with Crippen LogP contribution in [0.4, 0.5) is 34.1 Å². The number of anilines is 6. The number of pyridine rings is 2. The molecule has 0 N–H and O–H groups in total. The highest BCUT2D eigenvalue weighted by molar-refractivity contribution is 6.05. The molecule has 10 nitrogen and oxygen atoms in total. The summed E-state index contributed by atoms with van der Waals surface area (Å²) in [6, 6.07) is 86.5. The van der Waals surface area contributed by atoms with Gasteiger partial charge < -0.3 is 37.9 Å². The minimum Gasteiger partial charge on any atom is -0.457 e. The van der Waals surface area contributed by atoms with Gasteiger partial charge in [-0.15, -0.1) is 0 Å². The lowest BCUT2D eigenvalue weighted by Gasteiger charge is -2.27. The van der Waals surface area contributed by atoms with Gasteiger partial charge in [-0.1, -0.05) is 72.8 Å². The SMILES string of the molecule is CCn1c2cc(N(c3ccc(Oc4ccccc4)cc3)c3ccc(Oc4ccccc4)cc3)ccc2c(=O)c2cc3c(cc21)c(=O)c1ccc(N(c2ccc(Oc4ccccc4)cc2)c2ccc(Oc4ccccc4)cc2)cc1n3CC. The molecule has 0 saturated heterocycles. The molecular formula is C72H54N4O6. The predicted molar refractivity (Wildman–Crippen MR) is 332 cm³/mol. The number of hydrogen-bond donors (Lipinski definition) is 0. The highest BCUT2D eigenvalue weighted by Crippen LogP contribution is 2.41. The summed E-state index contributed by atoms with van der Waals surface area (Å²) in [4.78, 5) is 34.5. The lowest BCUT2D eigenvalue weighted by Crippen LogP contribution is -2.16. The molecule has 2 aromatic heterocycles. The summed E-state index contributed by atoms with van der Waals surface area (Å²) in [6.45, 7) is 5.21. The van der Waals surface area contributed by atoms with E-state index in [9.17, 15) is 0 Å². The number of ether oxygens (including phenoxy) is 4. The fraction of sp³-hybridized carbons (Fsp3) is 0.0556. The normalized spacial score (nSPS) is 11.2. The quantitative estimate of drug-likeness (QED) is 0.0885. The maximum Gasteiger partial charge on any atom is 0.197 e. The maximum atomic E-state index is 15.1. The van der Waals surface area contributed by atoms with E-state index in [-0.39, 0.29) is 10.9 Å². The molecule has 398 valence electrons. The molecule has 2 heterocycles.